The van der Waals surface area contributed by atoms with Crippen molar-refractivity contribution in [3.63, 3.8) is 0 Å². The van der Waals surface area contributed by atoms with Gasteiger partial charge in [-0.15, -0.1) is 0 Å². The normalized spacial score (nSPS) is 10.1. The summed E-state index contributed by atoms with van der Waals surface area (Å²) in [7, 11) is 2.91. The Kier molecular flexibility index (Phi) is 3.96. The van der Waals surface area contributed by atoms with Crippen molar-refractivity contribution in [1.82, 2.24) is 5.06 Å². The fourth-order valence-corrected chi connectivity index (χ4v) is 1.52. The molecule has 0 aromatic heterocycles. The Labute approximate surface area is 101 Å². The number of benzene rings is 1. The summed E-state index contributed by atoms with van der Waals surface area (Å²) in [5.41, 5.74) is 6.34. The Hall–Kier alpha value is -0.780. The summed E-state index contributed by atoms with van der Waals surface area (Å²) in [6.45, 7) is 0. The Morgan fingerprint density at radius 1 is 1.60 bits per heavy atom. The van der Waals surface area contributed by atoms with Gasteiger partial charge in [0.2, 0.25) is 0 Å². The van der Waals surface area contributed by atoms with E-state index in [0.717, 1.165) is 5.06 Å². The number of halogens is 2. The van der Waals surface area contributed by atoms with Crippen molar-refractivity contribution in [2.24, 2.45) is 0 Å². The number of nitrogens with two attached hydrogens (primary N) is 1. The zero-order valence-electron chi connectivity index (χ0n) is 8.25. The summed E-state index contributed by atoms with van der Waals surface area (Å²) in [5.74, 6) is -0.327. The van der Waals surface area contributed by atoms with Crippen LogP contribution in [0.2, 0.25) is 5.02 Å². The molecule has 0 aliphatic rings. The lowest BCUT2D eigenvalue weighted by Crippen LogP contribution is -2.26. The average molecular weight is 294 g/mol. The van der Waals surface area contributed by atoms with E-state index in [1.807, 2.05) is 0 Å². The van der Waals surface area contributed by atoms with Gasteiger partial charge >= 0.3 is 0 Å². The number of hydroxylamine groups is 2. The van der Waals surface area contributed by atoms with E-state index in [2.05, 4.69) is 15.9 Å². The first-order valence-corrected chi connectivity index (χ1v) is 5.21. The highest BCUT2D eigenvalue weighted by Crippen LogP contribution is 2.28. The van der Waals surface area contributed by atoms with Crippen LogP contribution in [-0.4, -0.2) is 25.1 Å². The molecule has 0 bridgehead atoms. The third-order valence-corrected chi connectivity index (χ3v) is 3.08. The summed E-state index contributed by atoms with van der Waals surface area (Å²) in [4.78, 5) is 16.5. The number of nitrogen functional groups attached to an aromatic ring is 1. The van der Waals surface area contributed by atoms with Crippen LogP contribution < -0.4 is 5.73 Å². The van der Waals surface area contributed by atoms with E-state index in [4.69, 9.17) is 22.2 Å². The number of amides is 1. The fraction of sp³-hybridized carbons (Fsp3) is 0.222. The molecule has 0 heterocycles. The summed E-state index contributed by atoms with van der Waals surface area (Å²) < 4.78 is 0.617. The van der Waals surface area contributed by atoms with Gasteiger partial charge in [0.15, 0.2) is 0 Å². The molecule has 4 nitrogen and oxygen atoms in total. The molecule has 0 spiro atoms. The van der Waals surface area contributed by atoms with Gasteiger partial charge in [0, 0.05) is 17.2 Å². The molecule has 0 aliphatic carbocycles. The lowest BCUT2D eigenvalue weighted by molar-refractivity contribution is -0.0756. The second kappa shape index (κ2) is 4.83. The van der Waals surface area contributed by atoms with Crippen LogP contribution in [0.1, 0.15) is 10.4 Å². The SMILES string of the molecule is CON(C)C(=O)c1cc(Br)c(Cl)cc1N. The largest absolute Gasteiger partial charge is 0.398 e. The van der Waals surface area contributed by atoms with Crippen molar-refractivity contribution in [2.75, 3.05) is 19.9 Å². The average Bonchev–Trinajstić information content (AvgIpc) is 2.21. The van der Waals surface area contributed by atoms with Crippen LogP contribution in [0.25, 0.3) is 0 Å². The summed E-state index contributed by atoms with van der Waals surface area (Å²) >= 11 is 9.04. The van der Waals surface area contributed by atoms with Gasteiger partial charge in [0.05, 0.1) is 17.7 Å². The molecule has 6 heteroatoms. The van der Waals surface area contributed by atoms with Crippen LogP contribution in [0.15, 0.2) is 16.6 Å². The molecule has 0 saturated heterocycles. The molecule has 1 aromatic carbocycles. The number of hydrogen-bond acceptors (Lipinski definition) is 3. The maximum Gasteiger partial charge on any atom is 0.279 e. The molecular formula is C9H10BrClN2O2. The van der Waals surface area contributed by atoms with E-state index >= 15 is 0 Å². The molecule has 2 N–H and O–H groups in total. The summed E-state index contributed by atoms with van der Waals surface area (Å²) in [6.07, 6.45) is 0. The van der Waals surface area contributed by atoms with Crippen LogP contribution in [0.3, 0.4) is 0 Å². The fourth-order valence-electron chi connectivity index (χ4n) is 1.000. The van der Waals surface area contributed by atoms with Gasteiger partial charge in [-0.2, -0.15) is 0 Å². The zero-order valence-corrected chi connectivity index (χ0v) is 10.6. The highest BCUT2D eigenvalue weighted by Gasteiger charge is 2.16. The van der Waals surface area contributed by atoms with E-state index < -0.39 is 0 Å². The number of hydrogen-bond donors (Lipinski definition) is 1. The minimum atomic E-state index is -0.327. The number of anilines is 1. The quantitative estimate of drug-likeness (QED) is 0.672. The van der Waals surface area contributed by atoms with Crippen molar-refractivity contribution in [3.05, 3.63) is 27.2 Å². The molecule has 1 aromatic rings. The topological polar surface area (TPSA) is 55.6 Å². The summed E-state index contributed by atoms with van der Waals surface area (Å²) in [6, 6.07) is 3.08. The molecule has 0 atom stereocenters. The van der Waals surface area contributed by atoms with Crippen LogP contribution in [-0.2, 0) is 4.84 Å². The maximum atomic E-state index is 11.7. The first-order chi connectivity index (χ1) is 6.97. The number of nitrogens with zero attached hydrogens (tertiary/aromatic N) is 1. The molecule has 0 fully saturated rings. The zero-order chi connectivity index (χ0) is 11.6. The Bertz CT molecular complexity index is 398. The van der Waals surface area contributed by atoms with E-state index in [1.165, 1.54) is 20.2 Å². The molecule has 1 rings (SSSR count). The van der Waals surface area contributed by atoms with Crippen molar-refractivity contribution in [1.29, 1.82) is 0 Å². The van der Waals surface area contributed by atoms with Crippen molar-refractivity contribution in [3.8, 4) is 0 Å². The summed E-state index contributed by atoms with van der Waals surface area (Å²) in [5, 5.41) is 1.55. The second-order valence-corrected chi connectivity index (χ2v) is 4.10. The molecule has 15 heavy (non-hydrogen) atoms. The van der Waals surface area contributed by atoms with Gasteiger partial charge < -0.3 is 5.73 Å². The lowest BCUT2D eigenvalue weighted by Gasteiger charge is -2.15. The van der Waals surface area contributed by atoms with Crippen molar-refractivity contribution < 1.29 is 9.63 Å². The molecule has 0 saturated carbocycles. The van der Waals surface area contributed by atoms with Gasteiger partial charge in [0.25, 0.3) is 5.91 Å². The first-order valence-electron chi connectivity index (χ1n) is 4.04. The predicted molar refractivity (Wildman–Crippen MR) is 62.7 cm³/mol. The maximum absolute atomic E-state index is 11.7. The van der Waals surface area contributed by atoms with E-state index in [-0.39, 0.29) is 5.91 Å². The van der Waals surface area contributed by atoms with Gasteiger partial charge in [-0.05, 0) is 28.1 Å². The highest BCUT2D eigenvalue weighted by molar-refractivity contribution is 9.10. The first kappa shape index (κ1) is 12.3. The molecule has 1 amide bonds. The smallest absolute Gasteiger partial charge is 0.279 e. The van der Waals surface area contributed by atoms with Crippen molar-refractivity contribution >= 4 is 39.1 Å². The Balaban J connectivity index is 3.15. The van der Waals surface area contributed by atoms with Gasteiger partial charge in [-0.25, -0.2) is 5.06 Å². The molecule has 0 radical (unpaired) electrons. The molecule has 0 aliphatic heterocycles. The van der Waals surface area contributed by atoms with Crippen LogP contribution in [0.4, 0.5) is 5.69 Å². The Morgan fingerprint density at radius 3 is 2.73 bits per heavy atom. The van der Waals surface area contributed by atoms with Gasteiger partial charge in [-0.1, -0.05) is 11.6 Å². The predicted octanol–water partition coefficient (Wildman–Crippen LogP) is 2.32. The molecule has 82 valence electrons. The van der Waals surface area contributed by atoms with Crippen LogP contribution in [0, 0.1) is 0 Å². The van der Waals surface area contributed by atoms with Gasteiger partial charge in [-0.3, -0.25) is 9.63 Å². The van der Waals surface area contributed by atoms with E-state index in [0.29, 0.717) is 20.7 Å². The van der Waals surface area contributed by atoms with Crippen LogP contribution in [0.5, 0.6) is 0 Å². The van der Waals surface area contributed by atoms with E-state index in [9.17, 15) is 4.79 Å². The number of carbonyl (C=O) groups excluding carboxylic acids is 1. The Morgan fingerprint density at radius 2 is 2.20 bits per heavy atom. The second-order valence-electron chi connectivity index (χ2n) is 2.84. The minimum Gasteiger partial charge on any atom is -0.398 e. The van der Waals surface area contributed by atoms with E-state index in [1.54, 1.807) is 6.07 Å². The van der Waals surface area contributed by atoms with Crippen LogP contribution >= 0.6 is 27.5 Å². The number of rotatable bonds is 2. The molecular weight excluding hydrogens is 283 g/mol. The molecule has 0 unspecified atom stereocenters. The monoisotopic (exact) mass is 292 g/mol. The minimum absolute atomic E-state index is 0.317. The van der Waals surface area contributed by atoms with Gasteiger partial charge in [0.1, 0.15) is 0 Å². The third kappa shape index (κ3) is 2.62. The standard InChI is InChI=1S/C9H10BrClN2O2/c1-13(15-2)9(14)5-3-6(10)7(11)4-8(5)12/h3-4H,12H2,1-2H3. The lowest BCUT2D eigenvalue weighted by atomic mass is 10.1. The number of carbonyl (C=O) groups is 1. The third-order valence-electron chi connectivity index (χ3n) is 1.88. The van der Waals surface area contributed by atoms with Crippen molar-refractivity contribution in [2.45, 2.75) is 0 Å². The highest BCUT2D eigenvalue weighted by atomic mass is 79.9.